The van der Waals surface area contributed by atoms with E-state index < -0.39 is 23.5 Å². The van der Waals surface area contributed by atoms with E-state index in [1.54, 1.807) is 6.07 Å². The number of rotatable bonds is 2. The molecule has 0 aliphatic carbocycles. The van der Waals surface area contributed by atoms with Crippen LogP contribution in [-0.2, 0) is 5.54 Å². The average Bonchev–Trinajstić information content (AvgIpc) is 2.49. The number of hydrogen-bond acceptors (Lipinski definition) is 4. The highest BCUT2D eigenvalue weighted by Crippen LogP contribution is 2.40. The molecule has 1 aromatic carbocycles. The SMILES string of the molecule is N[C@]1(c2ccc(OC(F)(F)F)c(F)c2)CCOc2ccc(Cl)nc21. The number of pyridine rings is 1. The van der Waals surface area contributed by atoms with Crippen molar-refractivity contribution in [2.75, 3.05) is 6.61 Å². The topological polar surface area (TPSA) is 57.4 Å². The third-order valence-corrected chi connectivity index (χ3v) is 3.88. The number of hydrogen-bond donors (Lipinski definition) is 1. The first-order valence-electron chi connectivity index (χ1n) is 6.83. The van der Waals surface area contributed by atoms with E-state index in [0.29, 0.717) is 11.4 Å². The number of aromatic nitrogens is 1. The molecule has 1 aliphatic rings. The lowest BCUT2D eigenvalue weighted by Crippen LogP contribution is -2.43. The second kappa shape index (κ2) is 5.78. The van der Waals surface area contributed by atoms with Gasteiger partial charge in [0.15, 0.2) is 11.6 Å². The molecule has 1 atom stereocenters. The summed E-state index contributed by atoms with van der Waals surface area (Å²) in [6.45, 7) is 0.245. The first-order valence-corrected chi connectivity index (χ1v) is 7.21. The van der Waals surface area contributed by atoms with E-state index in [4.69, 9.17) is 22.1 Å². The maximum absolute atomic E-state index is 14.0. The second-order valence-electron chi connectivity index (χ2n) is 5.24. The number of nitrogens with two attached hydrogens (primary N) is 1. The van der Waals surface area contributed by atoms with Crippen LogP contribution in [0.3, 0.4) is 0 Å². The standard InChI is InChI=1S/C15H11ClF4N2O2/c16-12-4-3-11-13(22-12)14(21,5-6-23-11)8-1-2-10(9(17)7-8)24-15(18,19)20/h1-4,7H,5-6,21H2/t14-/m0/s1. The van der Waals surface area contributed by atoms with Crippen molar-refractivity contribution in [2.45, 2.75) is 18.3 Å². The van der Waals surface area contributed by atoms with Crippen molar-refractivity contribution in [3.05, 3.63) is 52.6 Å². The van der Waals surface area contributed by atoms with E-state index in [1.807, 2.05) is 0 Å². The molecule has 2 aromatic rings. The van der Waals surface area contributed by atoms with Crippen LogP contribution in [0.5, 0.6) is 11.5 Å². The Hall–Kier alpha value is -2.06. The maximum Gasteiger partial charge on any atom is 0.573 e. The van der Waals surface area contributed by atoms with Crippen LogP contribution in [0, 0.1) is 5.82 Å². The van der Waals surface area contributed by atoms with Crippen LogP contribution >= 0.6 is 11.6 Å². The van der Waals surface area contributed by atoms with Crippen LogP contribution < -0.4 is 15.2 Å². The van der Waals surface area contributed by atoms with Gasteiger partial charge < -0.3 is 15.2 Å². The molecule has 0 unspecified atom stereocenters. The van der Waals surface area contributed by atoms with Gasteiger partial charge in [0.25, 0.3) is 0 Å². The van der Waals surface area contributed by atoms with Gasteiger partial charge in [-0.05, 0) is 29.8 Å². The van der Waals surface area contributed by atoms with E-state index in [2.05, 4.69) is 9.72 Å². The third-order valence-electron chi connectivity index (χ3n) is 3.67. The summed E-state index contributed by atoms with van der Waals surface area (Å²) < 4.78 is 59.8. The zero-order chi connectivity index (χ0) is 17.5. The fourth-order valence-electron chi connectivity index (χ4n) is 2.57. The summed E-state index contributed by atoms with van der Waals surface area (Å²) in [7, 11) is 0. The minimum atomic E-state index is -4.98. The van der Waals surface area contributed by atoms with Crippen molar-refractivity contribution in [1.82, 2.24) is 4.98 Å². The van der Waals surface area contributed by atoms with Crippen LogP contribution in [-0.4, -0.2) is 18.0 Å². The van der Waals surface area contributed by atoms with Crippen molar-refractivity contribution in [1.29, 1.82) is 0 Å². The molecule has 0 radical (unpaired) electrons. The van der Waals surface area contributed by atoms with E-state index in [0.717, 1.165) is 12.1 Å². The maximum atomic E-state index is 14.0. The summed E-state index contributed by atoms with van der Waals surface area (Å²) in [6, 6.07) is 6.16. The van der Waals surface area contributed by atoms with E-state index in [1.165, 1.54) is 12.1 Å². The molecular formula is C15H11ClF4N2O2. The van der Waals surface area contributed by atoms with Crippen LogP contribution in [0.4, 0.5) is 17.6 Å². The number of fused-ring (bicyclic) bond motifs is 1. The number of alkyl halides is 3. The van der Waals surface area contributed by atoms with Crippen LogP contribution in [0.2, 0.25) is 5.15 Å². The van der Waals surface area contributed by atoms with Gasteiger partial charge in [0.1, 0.15) is 16.6 Å². The highest BCUT2D eigenvalue weighted by atomic mass is 35.5. The molecule has 0 amide bonds. The summed E-state index contributed by atoms with van der Waals surface area (Å²) in [6.07, 6.45) is -4.73. The molecule has 9 heteroatoms. The number of nitrogens with zero attached hydrogens (tertiary/aromatic N) is 1. The van der Waals surface area contributed by atoms with Crippen molar-refractivity contribution < 1.29 is 27.0 Å². The normalized spacial score (nSPS) is 20.2. The van der Waals surface area contributed by atoms with E-state index >= 15 is 0 Å². The van der Waals surface area contributed by atoms with Gasteiger partial charge in [0.2, 0.25) is 0 Å². The average molecular weight is 363 g/mol. The van der Waals surface area contributed by atoms with Gasteiger partial charge in [-0.15, -0.1) is 13.2 Å². The Morgan fingerprint density at radius 1 is 1.25 bits per heavy atom. The first-order chi connectivity index (χ1) is 11.2. The van der Waals surface area contributed by atoms with E-state index in [-0.39, 0.29) is 23.7 Å². The minimum absolute atomic E-state index is 0.173. The highest BCUT2D eigenvalue weighted by molar-refractivity contribution is 6.29. The smallest absolute Gasteiger partial charge is 0.491 e. The Kier molecular flexibility index (Phi) is 4.05. The second-order valence-corrected chi connectivity index (χ2v) is 5.63. The third kappa shape index (κ3) is 3.11. The van der Waals surface area contributed by atoms with Gasteiger partial charge in [0, 0.05) is 6.42 Å². The lowest BCUT2D eigenvalue weighted by Gasteiger charge is -2.35. The molecule has 24 heavy (non-hydrogen) atoms. The van der Waals surface area contributed by atoms with Gasteiger partial charge in [-0.1, -0.05) is 17.7 Å². The first kappa shape index (κ1) is 16.8. The molecule has 2 N–H and O–H groups in total. The Bertz CT molecular complexity index is 785. The summed E-state index contributed by atoms with van der Waals surface area (Å²) in [5.74, 6) is -1.71. The van der Waals surface area contributed by atoms with Crippen LogP contribution in [0.15, 0.2) is 30.3 Å². The fraction of sp³-hybridized carbons (Fsp3) is 0.267. The quantitative estimate of drug-likeness (QED) is 0.653. The summed E-state index contributed by atoms with van der Waals surface area (Å²) in [5.41, 5.74) is 5.68. The molecule has 0 spiro atoms. The summed E-state index contributed by atoms with van der Waals surface area (Å²) in [5, 5.41) is 0.173. The lowest BCUT2D eigenvalue weighted by molar-refractivity contribution is -0.275. The van der Waals surface area contributed by atoms with Gasteiger partial charge in [0.05, 0.1) is 12.1 Å². The van der Waals surface area contributed by atoms with Gasteiger partial charge in [-0.2, -0.15) is 0 Å². The fourth-order valence-corrected chi connectivity index (χ4v) is 2.71. The molecule has 128 valence electrons. The van der Waals surface area contributed by atoms with Crippen molar-refractivity contribution >= 4 is 11.6 Å². The van der Waals surface area contributed by atoms with Crippen molar-refractivity contribution in [2.24, 2.45) is 5.73 Å². The monoisotopic (exact) mass is 362 g/mol. The Labute approximate surface area is 139 Å². The van der Waals surface area contributed by atoms with Crippen molar-refractivity contribution in [3.8, 4) is 11.5 Å². The van der Waals surface area contributed by atoms with E-state index in [9.17, 15) is 17.6 Å². The number of benzene rings is 1. The molecule has 2 heterocycles. The van der Waals surface area contributed by atoms with Gasteiger partial charge >= 0.3 is 6.36 Å². The molecule has 1 aliphatic heterocycles. The van der Waals surface area contributed by atoms with Gasteiger partial charge in [-0.25, -0.2) is 9.37 Å². The Balaban J connectivity index is 2.04. The highest BCUT2D eigenvalue weighted by Gasteiger charge is 2.39. The zero-order valence-corrected chi connectivity index (χ0v) is 12.8. The Morgan fingerprint density at radius 3 is 2.67 bits per heavy atom. The lowest BCUT2D eigenvalue weighted by atomic mass is 9.82. The zero-order valence-electron chi connectivity index (χ0n) is 12.0. The minimum Gasteiger partial charge on any atom is -0.491 e. The summed E-state index contributed by atoms with van der Waals surface area (Å²) >= 11 is 5.88. The van der Waals surface area contributed by atoms with Gasteiger partial charge in [-0.3, -0.25) is 0 Å². The molecule has 0 bridgehead atoms. The molecule has 3 rings (SSSR count). The predicted octanol–water partition coefficient (Wildman–Crippen LogP) is 3.76. The number of ether oxygens (including phenoxy) is 2. The largest absolute Gasteiger partial charge is 0.573 e. The molecular weight excluding hydrogens is 352 g/mol. The molecule has 1 aromatic heterocycles. The van der Waals surface area contributed by atoms with Crippen molar-refractivity contribution in [3.63, 3.8) is 0 Å². The summed E-state index contributed by atoms with van der Waals surface area (Å²) in [4.78, 5) is 4.14. The van der Waals surface area contributed by atoms with Crippen LogP contribution in [0.1, 0.15) is 17.7 Å². The molecule has 0 saturated heterocycles. The molecule has 4 nitrogen and oxygen atoms in total. The van der Waals surface area contributed by atoms with Crippen LogP contribution in [0.25, 0.3) is 0 Å². The Morgan fingerprint density at radius 2 is 2.00 bits per heavy atom. The molecule has 0 fully saturated rings. The molecule has 0 saturated carbocycles. The predicted molar refractivity (Wildman–Crippen MR) is 77.4 cm³/mol. The number of halogens is 5.